The lowest BCUT2D eigenvalue weighted by Crippen LogP contribution is -2.38. The van der Waals surface area contributed by atoms with E-state index in [9.17, 15) is 4.79 Å². The van der Waals surface area contributed by atoms with Gasteiger partial charge in [0, 0.05) is 19.3 Å². The van der Waals surface area contributed by atoms with Crippen LogP contribution >= 0.6 is 0 Å². The van der Waals surface area contributed by atoms with Crippen molar-refractivity contribution in [3.8, 4) is 0 Å². The Bertz CT molecular complexity index is 354. The maximum atomic E-state index is 11.6. The first-order valence-electron chi connectivity index (χ1n) is 6.29. The van der Waals surface area contributed by atoms with Crippen LogP contribution in [0.4, 0.5) is 5.69 Å². The molecule has 0 aliphatic rings. The van der Waals surface area contributed by atoms with Crippen molar-refractivity contribution in [1.82, 2.24) is 5.32 Å². The third-order valence-electron chi connectivity index (χ3n) is 2.87. The van der Waals surface area contributed by atoms with E-state index in [0.717, 1.165) is 18.7 Å². The van der Waals surface area contributed by atoms with Crippen molar-refractivity contribution in [2.24, 2.45) is 0 Å². The highest BCUT2D eigenvalue weighted by atomic mass is 16.5. The first-order chi connectivity index (χ1) is 8.69. The van der Waals surface area contributed by atoms with Crippen LogP contribution in [0.25, 0.3) is 0 Å². The van der Waals surface area contributed by atoms with E-state index in [1.807, 2.05) is 32.2 Å². The van der Waals surface area contributed by atoms with Crippen molar-refractivity contribution in [2.45, 2.75) is 19.4 Å². The molecule has 0 radical (unpaired) electrons. The normalized spacial score (nSPS) is 11.9. The molecule has 0 amide bonds. The molecule has 0 saturated carbocycles. The minimum Gasteiger partial charge on any atom is -0.465 e. The van der Waals surface area contributed by atoms with Crippen LogP contribution in [0, 0.1) is 0 Å². The summed E-state index contributed by atoms with van der Waals surface area (Å²) in [5.41, 5.74) is 1.15. The molecule has 4 nitrogen and oxygen atoms in total. The van der Waals surface area contributed by atoms with Crippen molar-refractivity contribution in [3.05, 3.63) is 30.3 Å². The Balaban J connectivity index is 2.45. The summed E-state index contributed by atoms with van der Waals surface area (Å²) in [4.78, 5) is 13.7. The van der Waals surface area contributed by atoms with Crippen LogP contribution in [-0.4, -0.2) is 39.3 Å². The van der Waals surface area contributed by atoms with Crippen molar-refractivity contribution in [2.75, 3.05) is 32.1 Å². The summed E-state index contributed by atoms with van der Waals surface area (Å²) in [5.74, 6) is -0.179. The lowest BCUT2D eigenvalue weighted by atomic mass is 10.2. The third kappa shape index (κ3) is 4.37. The lowest BCUT2D eigenvalue weighted by molar-refractivity contribution is -0.145. The Morgan fingerprint density at radius 2 is 2.06 bits per heavy atom. The molecule has 1 aromatic carbocycles. The number of carbonyl (C=O) groups is 1. The molecule has 0 bridgehead atoms. The fraction of sp³-hybridized carbons (Fsp3) is 0.500. The molecule has 1 rings (SSSR count). The molecule has 1 unspecified atom stereocenters. The molecule has 4 heteroatoms. The van der Waals surface area contributed by atoms with Crippen LogP contribution in [-0.2, 0) is 9.53 Å². The zero-order chi connectivity index (χ0) is 13.4. The maximum absolute atomic E-state index is 11.6. The Kier molecular flexibility index (Phi) is 6.22. The smallest absolute Gasteiger partial charge is 0.323 e. The van der Waals surface area contributed by atoms with Crippen molar-refractivity contribution >= 4 is 11.7 Å². The molecule has 1 N–H and O–H groups in total. The molecular weight excluding hydrogens is 228 g/mol. The molecular formula is C14H22N2O2. The number of likely N-dealkylation sites (N-methyl/N-ethyl adjacent to an activating group) is 1. The van der Waals surface area contributed by atoms with Crippen LogP contribution in [0.5, 0.6) is 0 Å². The van der Waals surface area contributed by atoms with Crippen LogP contribution in [0.1, 0.15) is 13.3 Å². The minimum atomic E-state index is -0.240. The van der Waals surface area contributed by atoms with Gasteiger partial charge in [0.05, 0.1) is 6.61 Å². The number of benzene rings is 1. The summed E-state index contributed by atoms with van der Waals surface area (Å²) in [7, 11) is 3.80. The number of rotatable bonds is 7. The summed E-state index contributed by atoms with van der Waals surface area (Å²) >= 11 is 0. The van der Waals surface area contributed by atoms with Gasteiger partial charge >= 0.3 is 5.97 Å². The average molecular weight is 250 g/mol. The van der Waals surface area contributed by atoms with Crippen LogP contribution in [0.15, 0.2) is 30.3 Å². The van der Waals surface area contributed by atoms with Gasteiger partial charge in [-0.25, -0.2) is 0 Å². The SMILES string of the molecule is CCOC(=O)C(CCN(C)c1ccccc1)NC. The lowest BCUT2D eigenvalue weighted by Gasteiger charge is -2.22. The zero-order valence-electron chi connectivity index (χ0n) is 11.3. The van der Waals surface area contributed by atoms with E-state index in [0.29, 0.717) is 6.61 Å². The highest BCUT2D eigenvalue weighted by Gasteiger charge is 2.17. The van der Waals surface area contributed by atoms with Gasteiger partial charge in [-0.3, -0.25) is 4.79 Å². The van der Waals surface area contributed by atoms with Crippen LogP contribution < -0.4 is 10.2 Å². The molecule has 100 valence electrons. The quantitative estimate of drug-likeness (QED) is 0.747. The molecule has 1 atom stereocenters. The van der Waals surface area contributed by atoms with Crippen LogP contribution in [0.3, 0.4) is 0 Å². The Hall–Kier alpha value is -1.55. The number of hydrogen-bond donors (Lipinski definition) is 1. The number of nitrogens with one attached hydrogen (secondary N) is 1. The Morgan fingerprint density at radius 1 is 1.39 bits per heavy atom. The average Bonchev–Trinajstić information content (AvgIpc) is 2.40. The van der Waals surface area contributed by atoms with Crippen molar-refractivity contribution < 1.29 is 9.53 Å². The van der Waals surface area contributed by atoms with Gasteiger partial charge in [0.15, 0.2) is 0 Å². The first kappa shape index (κ1) is 14.5. The fourth-order valence-electron chi connectivity index (χ4n) is 1.76. The van der Waals surface area contributed by atoms with Gasteiger partial charge in [-0.05, 0) is 32.5 Å². The van der Waals surface area contributed by atoms with E-state index in [1.54, 1.807) is 7.05 Å². The number of anilines is 1. The second-order valence-electron chi connectivity index (χ2n) is 4.14. The van der Waals surface area contributed by atoms with E-state index < -0.39 is 0 Å². The van der Waals surface area contributed by atoms with Gasteiger partial charge < -0.3 is 15.0 Å². The van der Waals surface area contributed by atoms with Gasteiger partial charge in [-0.2, -0.15) is 0 Å². The van der Waals surface area contributed by atoms with Crippen molar-refractivity contribution in [3.63, 3.8) is 0 Å². The number of carbonyl (C=O) groups excluding carboxylic acids is 1. The molecule has 0 saturated heterocycles. The van der Waals surface area contributed by atoms with Gasteiger partial charge in [0.2, 0.25) is 0 Å². The first-order valence-corrected chi connectivity index (χ1v) is 6.29. The van der Waals surface area contributed by atoms with E-state index in [4.69, 9.17) is 4.74 Å². The number of esters is 1. The molecule has 0 aliphatic heterocycles. The maximum Gasteiger partial charge on any atom is 0.323 e. The summed E-state index contributed by atoms with van der Waals surface area (Å²) in [6, 6.07) is 9.87. The Morgan fingerprint density at radius 3 is 2.61 bits per heavy atom. The monoisotopic (exact) mass is 250 g/mol. The second kappa shape index (κ2) is 7.71. The van der Waals surface area contributed by atoms with Gasteiger partial charge in [-0.15, -0.1) is 0 Å². The predicted molar refractivity (Wildman–Crippen MR) is 73.8 cm³/mol. The number of nitrogens with zero attached hydrogens (tertiary/aromatic N) is 1. The third-order valence-corrected chi connectivity index (χ3v) is 2.87. The van der Waals surface area contributed by atoms with E-state index >= 15 is 0 Å². The zero-order valence-corrected chi connectivity index (χ0v) is 11.3. The molecule has 18 heavy (non-hydrogen) atoms. The number of para-hydroxylation sites is 1. The van der Waals surface area contributed by atoms with Crippen LogP contribution in [0.2, 0.25) is 0 Å². The number of ether oxygens (including phenoxy) is 1. The molecule has 0 heterocycles. The predicted octanol–water partition coefficient (Wildman–Crippen LogP) is 1.66. The molecule has 0 spiro atoms. The molecule has 0 aromatic heterocycles. The molecule has 0 fully saturated rings. The topological polar surface area (TPSA) is 41.6 Å². The van der Waals surface area contributed by atoms with E-state index in [1.165, 1.54) is 0 Å². The van der Waals surface area contributed by atoms with Crippen molar-refractivity contribution in [1.29, 1.82) is 0 Å². The largest absolute Gasteiger partial charge is 0.465 e. The summed E-state index contributed by atoms with van der Waals surface area (Å²) < 4.78 is 5.01. The van der Waals surface area contributed by atoms with Gasteiger partial charge in [0.25, 0.3) is 0 Å². The van der Waals surface area contributed by atoms with Gasteiger partial charge in [0.1, 0.15) is 6.04 Å². The van der Waals surface area contributed by atoms with E-state index in [-0.39, 0.29) is 12.0 Å². The summed E-state index contributed by atoms with van der Waals surface area (Å²) in [6.45, 7) is 3.04. The minimum absolute atomic E-state index is 0.179. The van der Waals surface area contributed by atoms with E-state index in [2.05, 4.69) is 22.3 Å². The fourth-order valence-corrected chi connectivity index (χ4v) is 1.76. The summed E-state index contributed by atoms with van der Waals surface area (Å²) in [6.07, 6.45) is 0.723. The van der Waals surface area contributed by atoms with Gasteiger partial charge in [-0.1, -0.05) is 18.2 Å². The molecule has 0 aliphatic carbocycles. The second-order valence-corrected chi connectivity index (χ2v) is 4.14. The highest BCUT2D eigenvalue weighted by Crippen LogP contribution is 2.11. The highest BCUT2D eigenvalue weighted by molar-refractivity contribution is 5.75. The number of hydrogen-bond acceptors (Lipinski definition) is 4. The Labute approximate surface area is 109 Å². The molecule has 1 aromatic rings. The standard InChI is InChI=1S/C14H22N2O2/c1-4-18-14(17)13(15-2)10-11-16(3)12-8-6-5-7-9-12/h5-9,13,15H,4,10-11H2,1-3H3. The summed E-state index contributed by atoms with van der Waals surface area (Å²) in [5, 5.41) is 2.99.